The molecule has 0 N–H and O–H groups in total. The van der Waals surface area contributed by atoms with Crippen LogP contribution in [0.4, 0.5) is 0 Å². The number of nitrogens with zero attached hydrogens (tertiary/aromatic N) is 1. The molecule has 1 heterocycles. The van der Waals surface area contributed by atoms with Gasteiger partial charge in [0.1, 0.15) is 10.9 Å². The lowest BCUT2D eigenvalue weighted by molar-refractivity contribution is 0.123. The summed E-state index contributed by atoms with van der Waals surface area (Å²) in [5.74, 6) is 0. The van der Waals surface area contributed by atoms with Crippen LogP contribution < -0.4 is 0 Å². The third-order valence-electron chi connectivity index (χ3n) is 1.11. The molecule has 2 nitrogen and oxygen atoms in total. The van der Waals surface area contributed by atoms with Crippen molar-refractivity contribution >= 4 is 20.6 Å². The lowest BCUT2D eigenvalue weighted by atomic mass is 10.1. The maximum atomic E-state index is 5.22. The van der Waals surface area contributed by atoms with Crippen LogP contribution in [0.25, 0.3) is 0 Å². The van der Waals surface area contributed by atoms with Crippen LogP contribution >= 0.6 is 15.9 Å². The molecule has 50 valence electrons. The summed E-state index contributed by atoms with van der Waals surface area (Å²) in [6, 6.07) is 0. The number of rotatable bonds is 0. The van der Waals surface area contributed by atoms with Gasteiger partial charge in [-0.25, -0.2) is 4.99 Å². The molecule has 0 saturated heterocycles. The fourth-order valence-electron chi connectivity index (χ4n) is 0.500. The van der Waals surface area contributed by atoms with E-state index >= 15 is 0 Å². The first-order valence-corrected chi connectivity index (χ1v) is 3.49. The van der Waals surface area contributed by atoms with E-state index in [1.54, 1.807) is 12.5 Å². The molecule has 0 radical (unpaired) electrons. The average Bonchev–Trinajstić information content (AvgIpc) is 1.77. The van der Waals surface area contributed by atoms with E-state index in [1.807, 2.05) is 13.8 Å². The third-order valence-corrected chi connectivity index (χ3v) is 2.27. The second-order valence-electron chi connectivity index (χ2n) is 2.33. The Balaban J connectivity index is 2.83. The topological polar surface area (TPSA) is 21.6 Å². The van der Waals surface area contributed by atoms with Gasteiger partial charge in [0.05, 0.1) is 6.20 Å². The van der Waals surface area contributed by atoms with Gasteiger partial charge in [0.2, 0.25) is 0 Å². The van der Waals surface area contributed by atoms with E-state index in [4.69, 9.17) is 4.74 Å². The van der Waals surface area contributed by atoms with E-state index in [-0.39, 0.29) is 5.60 Å². The molecule has 9 heavy (non-hydrogen) atoms. The zero-order chi connectivity index (χ0) is 6.91. The summed E-state index contributed by atoms with van der Waals surface area (Å²) in [4.78, 5) is 4.01. The summed E-state index contributed by atoms with van der Waals surface area (Å²) in [7, 11) is 0. The minimum atomic E-state index is -0.283. The van der Waals surface area contributed by atoms with Gasteiger partial charge in [-0.15, -0.1) is 0 Å². The van der Waals surface area contributed by atoms with Crippen molar-refractivity contribution in [1.29, 1.82) is 0 Å². The van der Waals surface area contributed by atoms with Gasteiger partial charge in [0.15, 0.2) is 5.60 Å². The Hall–Kier alpha value is -0.310. The SMILES string of the molecule is CC1(C)OC=CN=C1Br. The van der Waals surface area contributed by atoms with Crippen molar-refractivity contribution in [3.8, 4) is 0 Å². The third kappa shape index (κ3) is 1.33. The van der Waals surface area contributed by atoms with Gasteiger partial charge >= 0.3 is 0 Å². The van der Waals surface area contributed by atoms with Crippen molar-refractivity contribution in [2.24, 2.45) is 4.99 Å². The molecule has 1 rings (SSSR count). The molecule has 0 fully saturated rings. The number of hydrogen-bond acceptors (Lipinski definition) is 2. The molecule has 0 aliphatic carbocycles. The van der Waals surface area contributed by atoms with Gasteiger partial charge in [-0.05, 0) is 29.8 Å². The molecule has 0 amide bonds. The van der Waals surface area contributed by atoms with Crippen LogP contribution in [-0.2, 0) is 4.74 Å². The van der Waals surface area contributed by atoms with Crippen molar-refractivity contribution in [3.05, 3.63) is 12.5 Å². The quantitative estimate of drug-likeness (QED) is 0.572. The van der Waals surface area contributed by atoms with Gasteiger partial charge in [0, 0.05) is 0 Å². The summed E-state index contributed by atoms with van der Waals surface area (Å²) in [5.41, 5.74) is -0.283. The first-order valence-electron chi connectivity index (χ1n) is 2.69. The van der Waals surface area contributed by atoms with Crippen LogP contribution in [0.3, 0.4) is 0 Å². The first kappa shape index (κ1) is 6.81. The normalized spacial score (nSPS) is 22.8. The minimum Gasteiger partial charge on any atom is -0.487 e. The molecule has 3 heteroatoms. The van der Waals surface area contributed by atoms with E-state index in [9.17, 15) is 0 Å². The van der Waals surface area contributed by atoms with E-state index in [0.717, 1.165) is 4.62 Å². The second kappa shape index (κ2) is 2.14. The minimum absolute atomic E-state index is 0.283. The average molecular weight is 190 g/mol. The van der Waals surface area contributed by atoms with Crippen LogP contribution in [0.15, 0.2) is 17.5 Å². The summed E-state index contributed by atoms with van der Waals surface area (Å²) in [5, 5.41) is 0. The smallest absolute Gasteiger partial charge is 0.151 e. The molecule has 0 aromatic rings. The summed E-state index contributed by atoms with van der Waals surface area (Å²) in [6.45, 7) is 3.90. The lowest BCUT2D eigenvalue weighted by Crippen LogP contribution is -2.30. The van der Waals surface area contributed by atoms with Crippen LogP contribution in [-0.4, -0.2) is 10.2 Å². The molecule has 0 unspecified atom stereocenters. The Morgan fingerprint density at radius 1 is 1.67 bits per heavy atom. The van der Waals surface area contributed by atoms with E-state index in [1.165, 1.54) is 0 Å². The molecule has 0 aromatic heterocycles. The molecule has 0 atom stereocenters. The van der Waals surface area contributed by atoms with Crippen LogP contribution in [0.5, 0.6) is 0 Å². The largest absolute Gasteiger partial charge is 0.487 e. The summed E-state index contributed by atoms with van der Waals surface area (Å²) in [6.07, 6.45) is 3.21. The lowest BCUT2D eigenvalue weighted by Gasteiger charge is -2.24. The van der Waals surface area contributed by atoms with Crippen molar-refractivity contribution in [1.82, 2.24) is 0 Å². The molecular formula is C6H8BrNO. The predicted molar refractivity (Wildman–Crippen MR) is 40.7 cm³/mol. The van der Waals surface area contributed by atoms with Crippen LogP contribution in [0.1, 0.15) is 13.8 Å². The first-order chi connectivity index (χ1) is 4.13. The van der Waals surface area contributed by atoms with Crippen molar-refractivity contribution in [3.63, 3.8) is 0 Å². The second-order valence-corrected chi connectivity index (χ2v) is 3.08. The maximum Gasteiger partial charge on any atom is 0.151 e. The number of halogens is 1. The molecule has 1 aliphatic heterocycles. The number of ether oxygens (including phenoxy) is 1. The molecule has 0 spiro atoms. The molecule has 1 aliphatic rings. The van der Waals surface area contributed by atoms with Gasteiger partial charge in [-0.3, -0.25) is 0 Å². The van der Waals surface area contributed by atoms with E-state index < -0.39 is 0 Å². The standard InChI is InChI=1S/C6H8BrNO/c1-6(2)5(7)8-3-4-9-6/h3-4H,1-2H3. The van der Waals surface area contributed by atoms with Gasteiger partial charge < -0.3 is 4.74 Å². The van der Waals surface area contributed by atoms with Crippen molar-refractivity contribution < 1.29 is 4.74 Å². The van der Waals surface area contributed by atoms with Gasteiger partial charge in [-0.1, -0.05) is 0 Å². The molecule has 0 bridgehead atoms. The van der Waals surface area contributed by atoms with Gasteiger partial charge in [-0.2, -0.15) is 0 Å². The zero-order valence-corrected chi connectivity index (χ0v) is 6.97. The van der Waals surface area contributed by atoms with Crippen LogP contribution in [0.2, 0.25) is 0 Å². The highest BCUT2D eigenvalue weighted by atomic mass is 79.9. The summed E-state index contributed by atoms with van der Waals surface area (Å²) >= 11 is 3.28. The Kier molecular flexibility index (Phi) is 1.62. The van der Waals surface area contributed by atoms with E-state index in [0.29, 0.717) is 0 Å². The fraction of sp³-hybridized carbons (Fsp3) is 0.500. The Labute approximate surface area is 62.7 Å². The Morgan fingerprint density at radius 2 is 2.33 bits per heavy atom. The number of hydrogen-bond donors (Lipinski definition) is 0. The molecule has 0 saturated carbocycles. The van der Waals surface area contributed by atoms with Crippen molar-refractivity contribution in [2.75, 3.05) is 0 Å². The predicted octanol–water partition coefficient (Wildman–Crippen LogP) is 2.06. The maximum absolute atomic E-state index is 5.22. The van der Waals surface area contributed by atoms with E-state index in [2.05, 4.69) is 20.9 Å². The zero-order valence-electron chi connectivity index (χ0n) is 5.39. The fourth-order valence-corrected chi connectivity index (χ4v) is 0.712. The van der Waals surface area contributed by atoms with Gasteiger partial charge in [0.25, 0.3) is 0 Å². The number of aliphatic imine (C=N–C) groups is 1. The Morgan fingerprint density at radius 3 is 2.67 bits per heavy atom. The molecular weight excluding hydrogens is 182 g/mol. The monoisotopic (exact) mass is 189 g/mol. The Bertz CT molecular complexity index is 172. The van der Waals surface area contributed by atoms with Crippen LogP contribution in [0, 0.1) is 0 Å². The molecule has 0 aromatic carbocycles. The highest BCUT2D eigenvalue weighted by molar-refractivity contribution is 9.18. The summed E-state index contributed by atoms with van der Waals surface area (Å²) < 4.78 is 6.05. The highest BCUT2D eigenvalue weighted by Gasteiger charge is 2.24. The van der Waals surface area contributed by atoms with Crippen molar-refractivity contribution in [2.45, 2.75) is 19.4 Å². The highest BCUT2D eigenvalue weighted by Crippen LogP contribution is 2.19.